The molecule has 3 aromatic carbocycles. The summed E-state index contributed by atoms with van der Waals surface area (Å²) in [7, 11) is 0. The van der Waals surface area contributed by atoms with Gasteiger partial charge in [-0.25, -0.2) is 0 Å². The Morgan fingerprint density at radius 1 is 0.733 bits per heavy atom. The van der Waals surface area contributed by atoms with Gasteiger partial charge in [0.05, 0.1) is 6.61 Å². The lowest BCUT2D eigenvalue weighted by Crippen LogP contribution is -2.10. The quantitative estimate of drug-likeness (QED) is 0.328. The molecule has 0 aliphatic rings. The highest BCUT2D eigenvalue weighted by Gasteiger charge is 2.03. The summed E-state index contributed by atoms with van der Waals surface area (Å²) in [6.07, 6.45) is 5.76. The molecule has 0 radical (unpaired) electrons. The highest BCUT2D eigenvalue weighted by molar-refractivity contribution is 6.30. The zero-order valence-corrected chi connectivity index (χ0v) is 17.9. The van der Waals surface area contributed by atoms with Gasteiger partial charge in [-0.05, 0) is 60.4 Å². The van der Waals surface area contributed by atoms with E-state index in [9.17, 15) is 4.79 Å². The first-order chi connectivity index (χ1) is 14.7. The predicted molar refractivity (Wildman–Crippen MR) is 125 cm³/mol. The topological polar surface area (TPSA) is 38.3 Å². The Balaban J connectivity index is 1.25. The summed E-state index contributed by atoms with van der Waals surface area (Å²) in [6.45, 7) is 0.709. The van der Waals surface area contributed by atoms with Crippen molar-refractivity contribution in [3.8, 4) is 16.9 Å². The van der Waals surface area contributed by atoms with Crippen molar-refractivity contribution in [3.05, 3.63) is 83.9 Å². The van der Waals surface area contributed by atoms with E-state index in [4.69, 9.17) is 16.3 Å². The fourth-order valence-corrected chi connectivity index (χ4v) is 3.36. The van der Waals surface area contributed by atoms with Gasteiger partial charge in [-0.2, -0.15) is 0 Å². The summed E-state index contributed by atoms with van der Waals surface area (Å²) in [5.74, 6) is 0.932. The van der Waals surface area contributed by atoms with E-state index in [1.807, 2.05) is 66.7 Å². The number of rotatable bonds is 11. The number of ether oxygens (including phenoxy) is 1. The van der Waals surface area contributed by atoms with Gasteiger partial charge < -0.3 is 10.1 Å². The first kappa shape index (κ1) is 21.9. The Morgan fingerprint density at radius 3 is 2.10 bits per heavy atom. The van der Waals surface area contributed by atoms with Crippen molar-refractivity contribution in [3.63, 3.8) is 0 Å². The zero-order valence-electron chi connectivity index (χ0n) is 17.1. The van der Waals surface area contributed by atoms with E-state index in [1.165, 1.54) is 5.56 Å². The summed E-state index contributed by atoms with van der Waals surface area (Å²) < 4.78 is 5.69. The molecule has 0 atom stereocenters. The van der Waals surface area contributed by atoms with Crippen LogP contribution in [0.5, 0.6) is 5.75 Å². The van der Waals surface area contributed by atoms with E-state index >= 15 is 0 Å². The second-order valence-electron chi connectivity index (χ2n) is 7.31. The van der Waals surface area contributed by atoms with Crippen molar-refractivity contribution in [2.45, 2.75) is 38.5 Å². The molecule has 3 nitrogen and oxygen atoms in total. The fraction of sp³-hybridized carbons (Fsp3) is 0.269. The van der Waals surface area contributed by atoms with Gasteiger partial charge in [-0.1, -0.05) is 73.3 Å². The number of amides is 1. The van der Waals surface area contributed by atoms with Crippen molar-refractivity contribution < 1.29 is 9.53 Å². The van der Waals surface area contributed by atoms with Gasteiger partial charge in [0.1, 0.15) is 5.75 Å². The van der Waals surface area contributed by atoms with Crippen LogP contribution in [0.15, 0.2) is 78.9 Å². The standard InChI is InChI=1S/C26H28ClNO2/c27-23-14-18-25(19-15-23)30-20-8-3-1-2-7-11-26(29)28-24-16-12-22(13-17-24)21-9-5-4-6-10-21/h4-6,9-10,12-19H,1-3,7-8,11,20H2,(H,28,29). The molecule has 0 saturated carbocycles. The number of hydrogen-bond donors (Lipinski definition) is 1. The van der Waals surface area contributed by atoms with Gasteiger partial charge in [0.25, 0.3) is 0 Å². The van der Waals surface area contributed by atoms with Gasteiger partial charge in [-0.3, -0.25) is 4.79 Å². The summed E-state index contributed by atoms with van der Waals surface area (Å²) in [6, 6.07) is 25.7. The third-order valence-electron chi connectivity index (χ3n) is 4.91. The molecule has 156 valence electrons. The van der Waals surface area contributed by atoms with Crippen LogP contribution in [0.25, 0.3) is 11.1 Å². The van der Waals surface area contributed by atoms with Crippen LogP contribution in [0.2, 0.25) is 5.02 Å². The molecule has 0 bridgehead atoms. The van der Waals surface area contributed by atoms with E-state index in [0.717, 1.165) is 54.1 Å². The van der Waals surface area contributed by atoms with Gasteiger partial charge in [0, 0.05) is 17.1 Å². The Kier molecular flexibility index (Phi) is 8.80. The molecule has 1 amide bonds. The molecule has 0 unspecified atom stereocenters. The van der Waals surface area contributed by atoms with Crippen LogP contribution >= 0.6 is 11.6 Å². The molecule has 0 aliphatic carbocycles. The van der Waals surface area contributed by atoms with Crippen molar-refractivity contribution in [1.82, 2.24) is 0 Å². The van der Waals surface area contributed by atoms with Crippen LogP contribution in [0.1, 0.15) is 38.5 Å². The summed E-state index contributed by atoms with van der Waals surface area (Å²) >= 11 is 5.86. The molecule has 0 heterocycles. The van der Waals surface area contributed by atoms with E-state index in [2.05, 4.69) is 17.4 Å². The number of nitrogens with one attached hydrogen (secondary N) is 1. The number of anilines is 1. The van der Waals surface area contributed by atoms with Gasteiger partial charge in [0.2, 0.25) is 5.91 Å². The maximum Gasteiger partial charge on any atom is 0.224 e. The van der Waals surface area contributed by atoms with Crippen LogP contribution in [0.3, 0.4) is 0 Å². The van der Waals surface area contributed by atoms with Crippen molar-refractivity contribution in [1.29, 1.82) is 0 Å². The van der Waals surface area contributed by atoms with Gasteiger partial charge in [-0.15, -0.1) is 0 Å². The normalized spacial score (nSPS) is 10.6. The maximum absolute atomic E-state index is 12.1. The number of carbonyl (C=O) groups is 1. The largest absolute Gasteiger partial charge is 0.494 e. The second kappa shape index (κ2) is 12.0. The number of halogens is 1. The minimum Gasteiger partial charge on any atom is -0.494 e. The molecule has 4 heteroatoms. The van der Waals surface area contributed by atoms with E-state index in [1.54, 1.807) is 0 Å². The molecule has 0 spiro atoms. The molecular formula is C26H28ClNO2. The molecule has 0 saturated heterocycles. The Bertz CT molecular complexity index is 893. The molecule has 3 rings (SSSR count). The lowest BCUT2D eigenvalue weighted by molar-refractivity contribution is -0.116. The maximum atomic E-state index is 12.1. The molecule has 3 aromatic rings. The number of unbranched alkanes of at least 4 members (excludes halogenated alkanes) is 4. The van der Waals surface area contributed by atoms with E-state index < -0.39 is 0 Å². The molecule has 0 fully saturated rings. The molecule has 1 N–H and O–H groups in total. The first-order valence-corrected chi connectivity index (χ1v) is 10.9. The molecular weight excluding hydrogens is 394 g/mol. The average molecular weight is 422 g/mol. The zero-order chi connectivity index (χ0) is 21.0. The first-order valence-electron chi connectivity index (χ1n) is 10.5. The SMILES string of the molecule is O=C(CCCCCCCOc1ccc(Cl)cc1)Nc1ccc(-c2ccccc2)cc1. The van der Waals surface area contributed by atoms with E-state index in [0.29, 0.717) is 13.0 Å². The number of hydrogen-bond acceptors (Lipinski definition) is 2. The third kappa shape index (κ3) is 7.57. The fourth-order valence-electron chi connectivity index (χ4n) is 3.24. The van der Waals surface area contributed by atoms with Gasteiger partial charge in [0.15, 0.2) is 0 Å². The minimum absolute atomic E-state index is 0.0773. The smallest absolute Gasteiger partial charge is 0.224 e. The van der Waals surface area contributed by atoms with E-state index in [-0.39, 0.29) is 5.91 Å². The van der Waals surface area contributed by atoms with Crippen molar-refractivity contribution >= 4 is 23.2 Å². The molecule has 0 aliphatic heterocycles. The minimum atomic E-state index is 0.0773. The molecule has 0 aromatic heterocycles. The summed E-state index contributed by atoms with van der Waals surface area (Å²) in [5, 5.41) is 3.70. The highest BCUT2D eigenvalue weighted by Crippen LogP contribution is 2.21. The average Bonchev–Trinajstić information content (AvgIpc) is 2.78. The Morgan fingerprint density at radius 2 is 1.37 bits per heavy atom. The lowest BCUT2D eigenvalue weighted by Gasteiger charge is -2.08. The van der Waals surface area contributed by atoms with Crippen molar-refractivity contribution in [2.75, 3.05) is 11.9 Å². The monoisotopic (exact) mass is 421 g/mol. The predicted octanol–water partition coefficient (Wildman–Crippen LogP) is 7.37. The second-order valence-corrected chi connectivity index (χ2v) is 7.75. The third-order valence-corrected chi connectivity index (χ3v) is 5.16. The molecule has 30 heavy (non-hydrogen) atoms. The Labute approximate surface area is 184 Å². The van der Waals surface area contributed by atoms with Crippen LogP contribution in [-0.4, -0.2) is 12.5 Å². The van der Waals surface area contributed by atoms with Gasteiger partial charge >= 0.3 is 0 Å². The van der Waals surface area contributed by atoms with Crippen LogP contribution in [0.4, 0.5) is 5.69 Å². The lowest BCUT2D eigenvalue weighted by atomic mass is 10.1. The van der Waals surface area contributed by atoms with Crippen LogP contribution in [0, 0.1) is 0 Å². The van der Waals surface area contributed by atoms with Crippen molar-refractivity contribution in [2.24, 2.45) is 0 Å². The number of carbonyl (C=O) groups excluding carboxylic acids is 1. The van der Waals surface area contributed by atoms with Crippen LogP contribution < -0.4 is 10.1 Å². The summed E-state index contributed by atoms with van der Waals surface area (Å²) in [4.78, 5) is 12.1. The van der Waals surface area contributed by atoms with Crippen LogP contribution in [-0.2, 0) is 4.79 Å². The highest BCUT2D eigenvalue weighted by atomic mass is 35.5. The summed E-state index contributed by atoms with van der Waals surface area (Å²) in [5.41, 5.74) is 3.17. The Hall–Kier alpha value is -2.78. The number of benzene rings is 3.